The van der Waals surface area contributed by atoms with Crippen molar-refractivity contribution in [3.05, 3.63) is 35.9 Å². The van der Waals surface area contributed by atoms with Crippen LogP contribution in [-0.4, -0.2) is 58.6 Å². The summed E-state index contributed by atoms with van der Waals surface area (Å²) in [4.78, 5) is 44.6. The van der Waals surface area contributed by atoms with Crippen LogP contribution in [0.2, 0.25) is 0 Å². The molecule has 3 unspecified atom stereocenters. The van der Waals surface area contributed by atoms with Gasteiger partial charge in [0.2, 0.25) is 11.8 Å². The third kappa shape index (κ3) is 10.9. The fraction of sp³-hybridized carbons (Fsp3) is 0.444. The molecule has 0 aliphatic rings. The van der Waals surface area contributed by atoms with Crippen molar-refractivity contribution in [3.63, 3.8) is 0 Å². The summed E-state index contributed by atoms with van der Waals surface area (Å²) in [7, 11) is 0. The zero-order valence-corrected chi connectivity index (χ0v) is 17.2. The Morgan fingerprint density at radius 1 is 1.00 bits per heavy atom. The molecule has 5 N–H and O–H groups in total. The molecule has 1 aromatic rings. The number of carboxylic acids is 1. The number of hydrogen-bond donors (Lipinski definition) is 4. The fourth-order valence-electron chi connectivity index (χ4n) is 1.79. The van der Waals surface area contributed by atoms with Crippen LogP contribution in [0.1, 0.15) is 19.4 Å². The number of carboxylic acid groups (broad SMARTS) is 1. The Hall–Kier alpha value is -2.16. The Balaban J connectivity index is 0.00000105. The van der Waals surface area contributed by atoms with Gasteiger partial charge >= 0.3 is 5.97 Å². The summed E-state index contributed by atoms with van der Waals surface area (Å²) >= 11 is 10.0. The molecule has 0 bridgehead atoms. The zero-order chi connectivity index (χ0) is 21.7. The highest BCUT2D eigenvalue weighted by Gasteiger charge is 2.24. The predicted molar refractivity (Wildman–Crippen MR) is 107 cm³/mol. The molecule has 0 spiro atoms. The van der Waals surface area contributed by atoms with Crippen LogP contribution in [0.5, 0.6) is 0 Å². The molecule has 0 saturated heterocycles. The van der Waals surface area contributed by atoms with E-state index in [0.29, 0.717) is 0 Å². The van der Waals surface area contributed by atoms with E-state index in [1.165, 1.54) is 13.8 Å². The number of amides is 2. The minimum atomic E-state index is -1.14. The highest BCUT2D eigenvalue weighted by atomic mass is 35.5. The summed E-state index contributed by atoms with van der Waals surface area (Å²) < 4.78 is 0. The molecule has 0 heterocycles. The second-order valence-corrected chi connectivity index (χ2v) is 6.45. The number of alkyl halides is 2. The van der Waals surface area contributed by atoms with Gasteiger partial charge in [-0.05, 0) is 19.4 Å². The number of benzene rings is 1. The number of carbonyl (C=O) groups is 4. The van der Waals surface area contributed by atoms with Crippen molar-refractivity contribution in [2.45, 2.75) is 38.4 Å². The van der Waals surface area contributed by atoms with E-state index >= 15 is 0 Å². The average molecular weight is 434 g/mol. The van der Waals surface area contributed by atoms with Crippen molar-refractivity contribution < 1.29 is 24.3 Å². The summed E-state index contributed by atoms with van der Waals surface area (Å²) in [5.74, 6) is -2.25. The molecule has 28 heavy (non-hydrogen) atoms. The van der Waals surface area contributed by atoms with E-state index in [-0.39, 0.29) is 24.0 Å². The van der Waals surface area contributed by atoms with E-state index in [9.17, 15) is 24.3 Å². The molecule has 8 nitrogen and oxygen atoms in total. The second kappa shape index (κ2) is 13.9. The number of carbonyl (C=O) groups excluding carboxylic acids is 3. The molecule has 0 aliphatic carbocycles. The molecular formula is C18H25Cl2N3O5. The number of rotatable bonds is 9. The molecule has 156 valence electrons. The van der Waals surface area contributed by atoms with Gasteiger partial charge in [-0.3, -0.25) is 14.4 Å². The molecule has 1 rings (SSSR count). The quantitative estimate of drug-likeness (QED) is 0.422. The first-order valence-electron chi connectivity index (χ1n) is 8.39. The van der Waals surface area contributed by atoms with Gasteiger partial charge in [-0.15, -0.1) is 23.2 Å². The highest BCUT2D eigenvalue weighted by Crippen LogP contribution is 2.04. The summed E-state index contributed by atoms with van der Waals surface area (Å²) in [6.45, 7) is 2.96. The van der Waals surface area contributed by atoms with Gasteiger partial charge in [0.15, 0.2) is 5.78 Å². The summed E-state index contributed by atoms with van der Waals surface area (Å²) in [5.41, 5.74) is 6.19. The normalized spacial score (nSPS) is 13.2. The molecule has 3 atom stereocenters. The molecule has 0 fully saturated rings. The number of Topliss-reactive ketones (excluding diaryl/α,β-unsaturated/α-hetero) is 1. The average Bonchev–Trinajstić information content (AvgIpc) is 2.67. The number of hydrogen-bond acceptors (Lipinski definition) is 5. The van der Waals surface area contributed by atoms with Gasteiger partial charge in [0.05, 0.1) is 17.8 Å². The van der Waals surface area contributed by atoms with E-state index in [4.69, 9.17) is 28.9 Å². The van der Waals surface area contributed by atoms with Crippen molar-refractivity contribution in [2.75, 3.05) is 11.8 Å². The van der Waals surface area contributed by atoms with Crippen LogP contribution in [0, 0.1) is 0 Å². The molecule has 0 saturated carbocycles. The van der Waals surface area contributed by atoms with Crippen LogP contribution in [0.25, 0.3) is 0 Å². The number of halogens is 2. The summed E-state index contributed by atoms with van der Waals surface area (Å²) in [6, 6.07) is 6.30. The maximum absolute atomic E-state index is 12.0. The van der Waals surface area contributed by atoms with E-state index in [1.54, 1.807) is 24.3 Å². The van der Waals surface area contributed by atoms with Crippen LogP contribution in [-0.2, 0) is 25.6 Å². The molecule has 2 amide bonds. The minimum Gasteiger partial charge on any atom is -0.480 e. The zero-order valence-electron chi connectivity index (χ0n) is 15.7. The van der Waals surface area contributed by atoms with E-state index < -0.39 is 35.9 Å². The lowest BCUT2D eigenvalue weighted by molar-refractivity contribution is -0.142. The van der Waals surface area contributed by atoms with Gasteiger partial charge in [0.1, 0.15) is 12.1 Å². The summed E-state index contributed by atoms with van der Waals surface area (Å²) in [6.07, 6.45) is 0.163. The van der Waals surface area contributed by atoms with E-state index in [2.05, 4.69) is 10.6 Å². The number of nitrogens with two attached hydrogens (primary N) is 1. The third-order valence-electron chi connectivity index (χ3n) is 3.36. The smallest absolute Gasteiger partial charge is 0.326 e. The Morgan fingerprint density at radius 2 is 1.54 bits per heavy atom. The van der Waals surface area contributed by atoms with Crippen LogP contribution in [0.3, 0.4) is 0 Å². The van der Waals surface area contributed by atoms with Crippen molar-refractivity contribution in [3.8, 4) is 0 Å². The molecule has 0 aromatic heterocycles. The monoisotopic (exact) mass is 433 g/mol. The fourth-order valence-corrected chi connectivity index (χ4v) is 2.08. The van der Waals surface area contributed by atoms with Crippen LogP contribution in [0.4, 0.5) is 0 Å². The van der Waals surface area contributed by atoms with Crippen LogP contribution >= 0.6 is 23.2 Å². The van der Waals surface area contributed by atoms with Gasteiger partial charge in [0.25, 0.3) is 0 Å². The maximum atomic E-state index is 12.0. The molecule has 10 heteroatoms. The van der Waals surface area contributed by atoms with Crippen LogP contribution < -0.4 is 16.4 Å². The molecule has 1 aromatic carbocycles. The Bertz CT molecular complexity index is 650. The van der Waals surface area contributed by atoms with Crippen molar-refractivity contribution >= 4 is 46.8 Å². The van der Waals surface area contributed by atoms with Gasteiger partial charge in [-0.1, -0.05) is 30.3 Å². The minimum absolute atomic E-state index is 0.0312. The van der Waals surface area contributed by atoms with Gasteiger partial charge in [-0.25, -0.2) is 4.79 Å². The lowest BCUT2D eigenvalue weighted by Gasteiger charge is -2.19. The Labute approximate surface area is 173 Å². The predicted octanol–water partition coefficient (Wildman–Crippen LogP) is 0.684. The van der Waals surface area contributed by atoms with E-state index in [0.717, 1.165) is 5.56 Å². The van der Waals surface area contributed by atoms with Crippen molar-refractivity contribution in [2.24, 2.45) is 5.73 Å². The Kier molecular flexibility index (Phi) is 12.9. The number of aliphatic carboxylic acids is 1. The summed E-state index contributed by atoms with van der Waals surface area (Å²) in [5, 5.41) is 14.0. The SMILES string of the molecule is CC(N)C(=O)NC(C)C(=O)NC(Cc1ccccc1)C(=O)O.O=C(CCl)CCl. The topological polar surface area (TPSA) is 139 Å². The van der Waals surface area contributed by atoms with E-state index in [1.807, 2.05) is 6.07 Å². The third-order valence-corrected chi connectivity index (χ3v) is 3.96. The van der Waals surface area contributed by atoms with Crippen LogP contribution in [0.15, 0.2) is 30.3 Å². The Morgan fingerprint density at radius 3 is 1.93 bits per heavy atom. The lowest BCUT2D eigenvalue weighted by atomic mass is 10.1. The number of ketones is 1. The van der Waals surface area contributed by atoms with Gasteiger partial charge < -0.3 is 21.5 Å². The van der Waals surface area contributed by atoms with Gasteiger partial charge in [0, 0.05) is 6.42 Å². The molecule has 0 aliphatic heterocycles. The highest BCUT2D eigenvalue weighted by molar-refractivity contribution is 6.35. The first-order chi connectivity index (χ1) is 13.1. The molecular weight excluding hydrogens is 409 g/mol. The first-order valence-corrected chi connectivity index (χ1v) is 9.45. The van der Waals surface area contributed by atoms with Crippen molar-refractivity contribution in [1.29, 1.82) is 0 Å². The maximum Gasteiger partial charge on any atom is 0.326 e. The molecule has 0 radical (unpaired) electrons. The largest absolute Gasteiger partial charge is 0.480 e. The van der Waals surface area contributed by atoms with Gasteiger partial charge in [-0.2, -0.15) is 0 Å². The second-order valence-electron chi connectivity index (χ2n) is 5.91. The lowest BCUT2D eigenvalue weighted by Crippen LogP contribution is -2.53. The van der Waals surface area contributed by atoms with Crippen molar-refractivity contribution in [1.82, 2.24) is 10.6 Å². The standard InChI is InChI=1S/C15H21N3O4.C3H4Cl2O/c1-9(16)13(19)17-10(2)14(20)18-12(15(21)22)8-11-6-4-3-5-7-11;4-1-3(6)2-5/h3-7,9-10,12H,8,16H2,1-2H3,(H,17,19)(H,18,20)(H,21,22);1-2H2. The first kappa shape index (κ1) is 25.8. The number of nitrogens with one attached hydrogen (secondary N) is 2.